The van der Waals surface area contributed by atoms with E-state index in [1.165, 1.54) is 54.6 Å². The molecule has 0 atom stereocenters. The van der Waals surface area contributed by atoms with Crippen molar-refractivity contribution in [1.29, 1.82) is 0 Å². The number of halogens is 2. The van der Waals surface area contributed by atoms with Crippen LogP contribution >= 0.6 is 0 Å². The van der Waals surface area contributed by atoms with Crippen LogP contribution in [-0.2, 0) is 10.9 Å². The summed E-state index contributed by atoms with van der Waals surface area (Å²) in [7, 11) is 0. The highest BCUT2D eigenvalue weighted by Crippen LogP contribution is 2.32. The molecule has 0 heterocycles. The smallest absolute Gasteiger partial charge is 0.426 e. The van der Waals surface area contributed by atoms with E-state index in [0.29, 0.717) is 17.9 Å². The topological polar surface area (TPSA) is 55.8 Å². The van der Waals surface area contributed by atoms with Gasteiger partial charge in [0.2, 0.25) is 0 Å². The van der Waals surface area contributed by atoms with Gasteiger partial charge in [0.15, 0.2) is 0 Å². The standard InChI is InChI=1S/C22H24F2O4/c1-2-3-4-5-16-27-19-13-9-18(10-14-19)22(23,24)28-20-11-6-17(7-12-20)8-15-21(25)26/h6-15H,2-5,16H2,1H3,(H,25,26). The van der Waals surface area contributed by atoms with Crippen LogP contribution in [0.25, 0.3) is 6.08 Å². The molecule has 0 aliphatic carbocycles. The van der Waals surface area contributed by atoms with E-state index in [1.807, 2.05) is 0 Å². The van der Waals surface area contributed by atoms with Crippen molar-refractivity contribution in [2.75, 3.05) is 6.61 Å². The van der Waals surface area contributed by atoms with Gasteiger partial charge in [0.1, 0.15) is 11.5 Å². The van der Waals surface area contributed by atoms with Gasteiger partial charge in [0.25, 0.3) is 0 Å². The lowest BCUT2D eigenvalue weighted by molar-refractivity contribution is -0.185. The molecule has 0 saturated carbocycles. The lowest BCUT2D eigenvalue weighted by atomic mass is 10.2. The van der Waals surface area contributed by atoms with E-state index in [0.717, 1.165) is 31.8 Å². The Balaban J connectivity index is 1.93. The highest BCUT2D eigenvalue weighted by Gasteiger charge is 2.34. The Morgan fingerprint density at radius 2 is 1.64 bits per heavy atom. The second kappa shape index (κ2) is 10.4. The van der Waals surface area contributed by atoms with Crippen molar-refractivity contribution in [1.82, 2.24) is 0 Å². The zero-order valence-electron chi connectivity index (χ0n) is 15.7. The van der Waals surface area contributed by atoms with Crippen molar-refractivity contribution in [2.24, 2.45) is 0 Å². The van der Waals surface area contributed by atoms with Crippen LogP contribution in [0.4, 0.5) is 8.78 Å². The monoisotopic (exact) mass is 390 g/mol. The van der Waals surface area contributed by atoms with Crippen LogP contribution in [0.3, 0.4) is 0 Å². The Labute approximate surface area is 163 Å². The number of rotatable bonds is 11. The molecule has 0 radical (unpaired) electrons. The summed E-state index contributed by atoms with van der Waals surface area (Å²) in [6.07, 6.45) is 3.16. The summed E-state index contributed by atoms with van der Waals surface area (Å²) in [5, 5.41) is 8.59. The number of carbonyl (C=O) groups is 1. The van der Waals surface area contributed by atoms with Crippen molar-refractivity contribution >= 4 is 12.0 Å². The fraction of sp³-hybridized carbons (Fsp3) is 0.318. The number of hydrogen-bond donors (Lipinski definition) is 1. The van der Waals surface area contributed by atoms with Gasteiger partial charge in [0.05, 0.1) is 12.2 Å². The second-order valence-electron chi connectivity index (χ2n) is 6.29. The number of carboxylic acids is 1. The zero-order chi connectivity index (χ0) is 20.4. The Kier molecular flexibility index (Phi) is 7.99. The minimum Gasteiger partial charge on any atom is -0.494 e. The fourth-order valence-corrected chi connectivity index (χ4v) is 2.49. The first-order valence-corrected chi connectivity index (χ1v) is 9.22. The molecule has 28 heavy (non-hydrogen) atoms. The second-order valence-corrected chi connectivity index (χ2v) is 6.29. The molecule has 0 unspecified atom stereocenters. The molecule has 0 bridgehead atoms. The highest BCUT2D eigenvalue weighted by atomic mass is 19.3. The average Bonchev–Trinajstić information content (AvgIpc) is 2.67. The number of aliphatic carboxylic acids is 1. The summed E-state index contributed by atoms with van der Waals surface area (Å²) < 4.78 is 39.1. The number of hydrogen-bond acceptors (Lipinski definition) is 3. The van der Waals surface area contributed by atoms with Gasteiger partial charge in [-0.25, -0.2) is 4.79 Å². The number of unbranched alkanes of at least 4 members (excludes halogenated alkanes) is 3. The maximum absolute atomic E-state index is 14.4. The minimum absolute atomic E-state index is 0.0197. The van der Waals surface area contributed by atoms with Crippen molar-refractivity contribution in [3.8, 4) is 11.5 Å². The largest absolute Gasteiger partial charge is 0.494 e. The third-order valence-electron chi connectivity index (χ3n) is 4.00. The molecule has 0 aromatic heterocycles. The van der Waals surface area contributed by atoms with E-state index < -0.39 is 12.1 Å². The molecule has 0 fully saturated rings. The Hall–Kier alpha value is -2.89. The molecule has 0 aliphatic heterocycles. The van der Waals surface area contributed by atoms with Crippen LogP contribution in [0, 0.1) is 0 Å². The Morgan fingerprint density at radius 3 is 2.25 bits per heavy atom. The third-order valence-corrected chi connectivity index (χ3v) is 4.00. The van der Waals surface area contributed by atoms with Crippen LogP contribution in [0.15, 0.2) is 54.6 Å². The number of benzene rings is 2. The van der Waals surface area contributed by atoms with E-state index in [9.17, 15) is 13.6 Å². The summed E-state index contributed by atoms with van der Waals surface area (Å²) in [5.74, 6) is -0.556. The molecule has 2 aromatic carbocycles. The van der Waals surface area contributed by atoms with Crippen molar-refractivity contribution in [2.45, 2.75) is 38.7 Å². The first kappa shape index (κ1) is 21.4. The van der Waals surface area contributed by atoms with E-state index in [1.54, 1.807) is 0 Å². The maximum Gasteiger partial charge on any atom is 0.426 e. The first-order chi connectivity index (χ1) is 13.4. The van der Waals surface area contributed by atoms with Gasteiger partial charge in [-0.1, -0.05) is 38.3 Å². The first-order valence-electron chi connectivity index (χ1n) is 9.22. The molecule has 1 N–H and O–H groups in total. The molecule has 150 valence electrons. The Morgan fingerprint density at radius 1 is 1.00 bits per heavy atom. The Bertz CT molecular complexity index is 768. The van der Waals surface area contributed by atoms with Gasteiger partial charge < -0.3 is 14.6 Å². The molecule has 0 amide bonds. The number of carboxylic acid groups (broad SMARTS) is 1. The molecule has 2 aromatic rings. The molecular formula is C22H24F2O4. The minimum atomic E-state index is -3.50. The SMILES string of the molecule is CCCCCCOc1ccc(C(F)(F)Oc2ccc(C=CC(=O)O)cc2)cc1. The molecule has 2 rings (SSSR count). The van der Waals surface area contributed by atoms with Crippen LogP contribution < -0.4 is 9.47 Å². The third kappa shape index (κ3) is 7.02. The van der Waals surface area contributed by atoms with Crippen molar-refractivity contribution < 1.29 is 28.2 Å². The summed E-state index contributed by atoms with van der Waals surface area (Å²) in [4.78, 5) is 10.5. The summed E-state index contributed by atoms with van der Waals surface area (Å²) in [6.45, 7) is 2.70. The molecule has 4 nitrogen and oxygen atoms in total. The lowest BCUT2D eigenvalue weighted by Crippen LogP contribution is -2.21. The van der Waals surface area contributed by atoms with E-state index in [-0.39, 0.29) is 11.3 Å². The van der Waals surface area contributed by atoms with E-state index in [4.69, 9.17) is 14.6 Å². The van der Waals surface area contributed by atoms with Crippen LogP contribution in [0.2, 0.25) is 0 Å². The van der Waals surface area contributed by atoms with Crippen LogP contribution in [-0.4, -0.2) is 17.7 Å². The summed E-state index contributed by atoms with van der Waals surface area (Å²) >= 11 is 0. The quantitative estimate of drug-likeness (QED) is 0.385. The predicted octanol–water partition coefficient (Wildman–Crippen LogP) is 5.87. The summed E-state index contributed by atoms with van der Waals surface area (Å²) in [5.41, 5.74) is 0.291. The number of ether oxygens (including phenoxy) is 2. The molecule has 0 aliphatic rings. The van der Waals surface area contributed by atoms with Crippen molar-refractivity contribution in [3.05, 3.63) is 65.7 Å². The average molecular weight is 390 g/mol. The zero-order valence-corrected chi connectivity index (χ0v) is 15.7. The molecule has 6 heteroatoms. The van der Waals surface area contributed by atoms with Gasteiger partial charge in [-0.15, -0.1) is 0 Å². The fourth-order valence-electron chi connectivity index (χ4n) is 2.49. The van der Waals surface area contributed by atoms with Crippen LogP contribution in [0.5, 0.6) is 11.5 Å². The maximum atomic E-state index is 14.4. The van der Waals surface area contributed by atoms with Crippen LogP contribution in [0.1, 0.15) is 43.7 Å². The van der Waals surface area contributed by atoms with Gasteiger partial charge in [-0.3, -0.25) is 0 Å². The molecule has 0 saturated heterocycles. The van der Waals surface area contributed by atoms with Gasteiger partial charge >= 0.3 is 12.1 Å². The van der Waals surface area contributed by atoms with Gasteiger partial charge in [0, 0.05) is 6.08 Å². The molecule has 0 spiro atoms. The highest BCUT2D eigenvalue weighted by molar-refractivity contribution is 5.85. The van der Waals surface area contributed by atoms with E-state index >= 15 is 0 Å². The molecular weight excluding hydrogens is 366 g/mol. The van der Waals surface area contributed by atoms with Gasteiger partial charge in [-0.05, 0) is 54.5 Å². The number of alkyl halides is 2. The van der Waals surface area contributed by atoms with E-state index in [2.05, 4.69) is 6.92 Å². The van der Waals surface area contributed by atoms with Crippen molar-refractivity contribution in [3.63, 3.8) is 0 Å². The van der Waals surface area contributed by atoms with Gasteiger partial charge in [-0.2, -0.15) is 8.78 Å². The lowest BCUT2D eigenvalue weighted by Gasteiger charge is -2.18. The normalized spacial score (nSPS) is 11.5. The summed E-state index contributed by atoms with van der Waals surface area (Å²) in [6, 6.07) is 11.3. The predicted molar refractivity (Wildman–Crippen MR) is 104 cm³/mol.